The van der Waals surface area contributed by atoms with Gasteiger partial charge in [-0.1, -0.05) is 5.16 Å². The molecule has 1 saturated heterocycles. The van der Waals surface area contributed by atoms with Gasteiger partial charge in [-0.2, -0.15) is 4.98 Å². The zero-order valence-electron chi connectivity index (χ0n) is 12.6. The number of rotatable bonds is 4. The van der Waals surface area contributed by atoms with E-state index in [4.69, 9.17) is 4.52 Å². The molecule has 2 aromatic heterocycles. The fraction of sp³-hybridized carbons (Fsp3) is 0.500. The van der Waals surface area contributed by atoms with Crippen LogP contribution in [0.5, 0.6) is 0 Å². The highest BCUT2D eigenvalue weighted by Crippen LogP contribution is 2.28. The molecule has 22 heavy (non-hydrogen) atoms. The molecule has 0 aromatic carbocycles. The Morgan fingerprint density at radius 1 is 1.45 bits per heavy atom. The Morgan fingerprint density at radius 3 is 2.91 bits per heavy atom. The normalized spacial score (nSPS) is 20.2. The van der Waals surface area contributed by atoms with Crippen LogP contribution in [0.4, 0.5) is 5.82 Å². The Hall–Kier alpha value is -1.96. The van der Waals surface area contributed by atoms with Gasteiger partial charge in [0.1, 0.15) is 5.82 Å². The van der Waals surface area contributed by atoms with Gasteiger partial charge in [0.05, 0.1) is 17.1 Å². The molecule has 3 heterocycles. The summed E-state index contributed by atoms with van der Waals surface area (Å²) in [6.45, 7) is 2.40. The van der Waals surface area contributed by atoms with E-state index in [0.29, 0.717) is 24.7 Å². The van der Waals surface area contributed by atoms with E-state index in [1.807, 2.05) is 24.1 Å². The van der Waals surface area contributed by atoms with Crippen LogP contribution in [-0.2, 0) is 9.84 Å². The molecule has 1 aliphatic heterocycles. The molecule has 1 aliphatic rings. The highest BCUT2D eigenvalue weighted by atomic mass is 32.2. The molecule has 7 nitrogen and oxygen atoms in total. The molecule has 8 heteroatoms. The van der Waals surface area contributed by atoms with Gasteiger partial charge in [0, 0.05) is 19.8 Å². The molecule has 0 unspecified atom stereocenters. The number of anilines is 1. The Balaban J connectivity index is 1.82. The van der Waals surface area contributed by atoms with Crippen LogP contribution in [0.3, 0.4) is 0 Å². The minimum Gasteiger partial charge on any atom is -0.359 e. The second kappa shape index (κ2) is 5.68. The summed E-state index contributed by atoms with van der Waals surface area (Å²) in [7, 11) is -0.967. The predicted octanol–water partition coefficient (Wildman–Crippen LogP) is 1.31. The number of aryl methyl sites for hydroxylation is 1. The predicted molar refractivity (Wildman–Crippen MR) is 82.3 cm³/mol. The minimum atomic E-state index is -2.87. The molecule has 0 radical (unpaired) electrons. The topological polar surface area (TPSA) is 89.2 Å². The van der Waals surface area contributed by atoms with Crippen molar-refractivity contribution in [2.75, 3.05) is 30.0 Å². The minimum absolute atomic E-state index is 0.134. The van der Waals surface area contributed by atoms with Crippen molar-refractivity contribution in [3.63, 3.8) is 0 Å². The molecule has 0 saturated carbocycles. The van der Waals surface area contributed by atoms with E-state index >= 15 is 0 Å². The zero-order valence-corrected chi connectivity index (χ0v) is 13.4. The first-order valence-corrected chi connectivity index (χ1v) is 8.94. The van der Waals surface area contributed by atoms with Gasteiger partial charge in [0.2, 0.25) is 0 Å². The Labute approximate surface area is 129 Å². The summed E-state index contributed by atoms with van der Waals surface area (Å²) in [5, 5.41) is 3.80. The number of hydrogen-bond donors (Lipinski definition) is 0. The van der Waals surface area contributed by atoms with Gasteiger partial charge in [0.25, 0.3) is 5.89 Å². The lowest BCUT2D eigenvalue weighted by Crippen LogP contribution is -2.27. The molecule has 0 spiro atoms. The van der Waals surface area contributed by atoms with Crippen molar-refractivity contribution >= 4 is 15.7 Å². The number of aromatic nitrogens is 3. The van der Waals surface area contributed by atoms with Crippen LogP contribution < -0.4 is 4.90 Å². The van der Waals surface area contributed by atoms with Crippen molar-refractivity contribution in [3.05, 3.63) is 24.2 Å². The molecule has 0 aliphatic carbocycles. The average Bonchev–Trinajstić information content (AvgIpc) is 3.04. The maximum Gasteiger partial charge on any atom is 0.261 e. The summed E-state index contributed by atoms with van der Waals surface area (Å²) < 4.78 is 28.4. The van der Waals surface area contributed by atoms with Gasteiger partial charge in [-0.25, -0.2) is 13.4 Å². The Bertz CT molecular complexity index is 772. The van der Waals surface area contributed by atoms with E-state index in [9.17, 15) is 8.42 Å². The standard InChI is InChI=1S/C14H18N4O3S/c1-10-16-14(21-17-10)12-4-3-6-15-13(12)18(2)8-11-5-7-22(19,20)9-11/h3-4,6,11H,5,7-9H2,1-2H3/t11-/m1/s1. The smallest absolute Gasteiger partial charge is 0.261 e. The third-order valence-corrected chi connectivity index (χ3v) is 5.60. The first-order chi connectivity index (χ1) is 10.4. The van der Waals surface area contributed by atoms with Crippen molar-refractivity contribution in [3.8, 4) is 11.5 Å². The van der Waals surface area contributed by atoms with Crippen LogP contribution in [0, 0.1) is 12.8 Å². The molecule has 3 rings (SSSR count). The van der Waals surface area contributed by atoms with E-state index in [0.717, 1.165) is 11.4 Å². The maximum atomic E-state index is 11.6. The van der Waals surface area contributed by atoms with E-state index in [1.54, 1.807) is 13.1 Å². The highest BCUT2D eigenvalue weighted by Gasteiger charge is 2.29. The summed E-state index contributed by atoms with van der Waals surface area (Å²) in [5.41, 5.74) is 0.756. The molecular weight excluding hydrogens is 304 g/mol. The van der Waals surface area contributed by atoms with Crippen molar-refractivity contribution in [1.29, 1.82) is 0 Å². The molecule has 1 fully saturated rings. The first kappa shape index (κ1) is 15.0. The maximum absolute atomic E-state index is 11.6. The molecule has 0 amide bonds. The van der Waals surface area contributed by atoms with Crippen molar-refractivity contribution in [1.82, 2.24) is 15.1 Å². The average molecular weight is 322 g/mol. The molecule has 2 aromatic rings. The van der Waals surface area contributed by atoms with Gasteiger partial charge in [-0.05, 0) is 31.4 Å². The lowest BCUT2D eigenvalue weighted by Gasteiger charge is -2.22. The van der Waals surface area contributed by atoms with Crippen molar-refractivity contribution in [2.45, 2.75) is 13.3 Å². The van der Waals surface area contributed by atoms with Gasteiger partial charge in [-0.15, -0.1) is 0 Å². The second-order valence-corrected chi connectivity index (χ2v) is 7.90. The second-order valence-electron chi connectivity index (χ2n) is 5.67. The summed E-state index contributed by atoms with van der Waals surface area (Å²) in [5.74, 6) is 2.37. The van der Waals surface area contributed by atoms with E-state index in [-0.39, 0.29) is 17.4 Å². The quantitative estimate of drug-likeness (QED) is 0.838. The van der Waals surface area contributed by atoms with Gasteiger partial charge < -0.3 is 9.42 Å². The number of pyridine rings is 1. The number of sulfone groups is 1. The summed E-state index contributed by atoms with van der Waals surface area (Å²) in [4.78, 5) is 10.6. The third-order valence-electron chi connectivity index (χ3n) is 3.77. The van der Waals surface area contributed by atoms with Crippen LogP contribution in [0.15, 0.2) is 22.9 Å². The van der Waals surface area contributed by atoms with E-state index in [1.165, 1.54) is 0 Å². The number of nitrogens with zero attached hydrogens (tertiary/aromatic N) is 4. The number of hydrogen-bond acceptors (Lipinski definition) is 7. The molecule has 0 bridgehead atoms. The van der Waals surface area contributed by atoms with Crippen LogP contribution >= 0.6 is 0 Å². The monoisotopic (exact) mass is 322 g/mol. The fourth-order valence-electron chi connectivity index (χ4n) is 2.76. The van der Waals surface area contributed by atoms with Gasteiger partial charge in [0.15, 0.2) is 15.7 Å². The molecular formula is C14H18N4O3S. The van der Waals surface area contributed by atoms with Crippen LogP contribution in [0.2, 0.25) is 0 Å². The first-order valence-electron chi connectivity index (χ1n) is 7.12. The van der Waals surface area contributed by atoms with Crippen molar-refractivity contribution in [2.24, 2.45) is 5.92 Å². The van der Waals surface area contributed by atoms with Crippen LogP contribution in [-0.4, -0.2) is 48.6 Å². The van der Waals surface area contributed by atoms with Gasteiger partial charge >= 0.3 is 0 Å². The van der Waals surface area contributed by atoms with E-state index in [2.05, 4.69) is 15.1 Å². The molecule has 1 atom stereocenters. The summed E-state index contributed by atoms with van der Waals surface area (Å²) >= 11 is 0. The zero-order chi connectivity index (χ0) is 15.7. The van der Waals surface area contributed by atoms with Gasteiger partial charge in [-0.3, -0.25) is 0 Å². The highest BCUT2D eigenvalue weighted by molar-refractivity contribution is 7.91. The molecule has 0 N–H and O–H groups in total. The summed E-state index contributed by atoms with van der Waals surface area (Å²) in [6.07, 6.45) is 2.40. The summed E-state index contributed by atoms with van der Waals surface area (Å²) in [6, 6.07) is 3.68. The van der Waals surface area contributed by atoms with Crippen LogP contribution in [0.1, 0.15) is 12.2 Å². The fourth-order valence-corrected chi connectivity index (χ4v) is 4.61. The Morgan fingerprint density at radius 2 is 2.27 bits per heavy atom. The molecule has 118 valence electrons. The Kier molecular flexibility index (Phi) is 3.86. The van der Waals surface area contributed by atoms with E-state index < -0.39 is 9.84 Å². The third kappa shape index (κ3) is 3.11. The SMILES string of the molecule is Cc1noc(-c2cccnc2N(C)C[C@H]2CCS(=O)(=O)C2)n1. The van der Waals surface area contributed by atoms with Crippen molar-refractivity contribution < 1.29 is 12.9 Å². The lowest BCUT2D eigenvalue weighted by molar-refractivity contribution is 0.425. The lowest BCUT2D eigenvalue weighted by atomic mass is 10.1. The largest absolute Gasteiger partial charge is 0.359 e. The van der Waals surface area contributed by atoms with Crippen LogP contribution in [0.25, 0.3) is 11.5 Å².